The fourth-order valence-electron chi connectivity index (χ4n) is 3.23. The molecule has 0 amide bonds. The van der Waals surface area contributed by atoms with Crippen LogP contribution in [0.25, 0.3) is 0 Å². The zero-order chi connectivity index (χ0) is 18.8. The highest BCUT2D eigenvalue weighted by Gasteiger charge is 2.46. The predicted molar refractivity (Wildman–Crippen MR) is 96.1 cm³/mol. The molecular weight excluding hydrogens is 358 g/mol. The smallest absolute Gasteiger partial charge is 0.335 e. The van der Waals surface area contributed by atoms with Gasteiger partial charge in [0.1, 0.15) is 5.25 Å². The number of ether oxygens (including phenoxy) is 3. The molecule has 0 saturated carbocycles. The van der Waals surface area contributed by atoms with Gasteiger partial charge in [0.25, 0.3) is 0 Å². The zero-order valence-electron chi connectivity index (χ0n) is 14.9. The summed E-state index contributed by atoms with van der Waals surface area (Å²) in [5, 5.41) is -1.03. The van der Waals surface area contributed by atoms with Crippen molar-refractivity contribution in [3.8, 4) is 0 Å². The van der Waals surface area contributed by atoms with E-state index in [1.54, 1.807) is 19.1 Å². The van der Waals surface area contributed by atoms with Crippen molar-refractivity contribution in [2.45, 2.75) is 37.7 Å². The van der Waals surface area contributed by atoms with Gasteiger partial charge in [-0.15, -0.1) is 0 Å². The molecule has 1 aliphatic heterocycles. The van der Waals surface area contributed by atoms with E-state index in [1.165, 1.54) is 6.08 Å². The lowest BCUT2D eigenvalue weighted by Gasteiger charge is -2.33. The minimum absolute atomic E-state index is 0.0566. The van der Waals surface area contributed by atoms with Crippen LogP contribution in [0.3, 0.4) is 0 Å². The number of hydrogen-bond acceptors (Lipinski definition) is 6. The Morgan fingerprint density at radius 2 is 2.00 bits per heavy atom. The first-order valence-electron chi connectivity index (χ1n) is 8.62. The number of hydrogen-bond donors (Lipinski definition) is 1. The number of aryl methyl sites for hydroxylation is 1. The largest absolute Gasteiger partial charge is 0.463 e. The Bertz CT molecular complexity index is 811. The standard InChI is InChI=1S/C18H23NO6S/c1-3-23-17(20)14-12-18(24-10-11-25-18)9-8-16(14)26(21,22)19-15-7-5-4-6-13(15)2/h4-7,12,16,19H,3,8-11H2,1-2H3. The molecule has 2 aliphatic rings. The Morgan fingerprint density at radius 3 is 2.65 bits per heavy atom. The molecule has 26 heavy (non-hydrogen) atoms. The first kappa shape index (κ1) is 18.9. The van der Waals surface area contributed by atoms with E-state index in [1.807, 2.05) is 19.1 Å². The molecule has 1 unspecified atom stereocenters. The van der Waals surface area contributed by atoms with Crippen LogP contribution in [0.5, 0.6) is 0 Å². The number of anilines is 1. The molecule has 8 heteroatoms. The van der Waals surface area contributed by atoms with Crippen LogP contribution in [-0.4, -0.2) is 45.2 Å². The van der Waals surface area contributed by atoms with Gasteiger partial charge < -0.3 is 14.2 Å². The molecule has 1 heterocycles. The van der Waals surface area contributed by atoms with Crippen LogP contribution in [0.1, 0.15) is 25.3 Å². The van der Waals surface area contributed by atoms with Crippen molar-refractivity contribution < 1.29 is 27.4 Å². The fraction of sp³-hybridized carbons (Fsp3) is 0.500. The molecule has 1 atom stereocenters. The van der Waals surface area contributed by atoms with E-state index >= 15 is 0 Å². The molecule has 0 radical (unpaired) electrons. The number of sulfonamides is 1. The maximum absolute atomic E-state index is 13.0. The molecular formula is C18H23NO6S. The molecule has 1 spiro atoms. The van der Waals surface area contributed by atoms with Crippen LogP contribution in [0.4, 0.5) is 5.69 Å². The Balaban J connectivity index is 1.93. The Morgan fingerprint density at radius 1 is 1.31 bits per heavy atom. The lowest BCUT2D eigenvalue weighted by atomic mass is 9.94. The van der Waals surface area contributed by atoms with Crippen LogP contribution in [0.15, 0.2) is 35.9 Å². The summed E-state index contributed by atoms with van der Waals surface area (Å²) in [6, 6.07) is 7.09. The zero-order valence-corrected chi connectivity index (χ0v) is 15.7. The van der Waals surface area contributed by atoms with Crippen molar-refractivity contribution in [2.75, 3.05) is 24.5 Å². The number of carbonyl (C=O) groups is 1. The molecule has 0 aromatic heterocycles. The molecule has 142 valence electrons. The number of nitrogens with one attached hydrogen (secondary N) is 1. The van der Waals surface area contributed by atoms with Gasteiger partial charge in [0.15, 0.2) is 5.79 Å². The van der Waals surface area contributed by atoms with Gasteiger partial charge in [-0.05, 0) is 38.0 Å². The van der Waals surface area contributed by atoms with Crippen LogP contribution in [0.2, 0.25) is 0 Å². The van der Waals surface area contributed by atoms with Gasteiger partial charge in [0.05, 0.1) is 31.1 Å². The maximum Gasteiger partial charge on any atom is 0.335 e. The van der Waals surface area contributed by atoms with Crippen molar-refractivity contribution in [3.63, 3.8) is 0 Å². The van der Waals surface area contributed by atoms with Gasteiger partial charge in [-0.25, -0.2) is 13.2 Å². The van der Waals surface area contributed by atoms with Crippen LogP contribution in [-0.2, 0) is 29.0 Å². The SMILES string of the molecule is CCOC(=O)C1=CC2(CCC1S(=O)(=O)Nc1ccccc1C)OCCO2. The second kappa shape index (κ2) is 7.38. The van der Waals surface area contributed by atoms with Gasteiger partial charge in [-0.3, -0.25) is 4.72 Å². The van der Waals surface area contributed by atoms with E-state index in [-0.39, 0.29) is 18.6 Å². The summed E-state index contributed by atoms with van der Waals surface area (Å²) in [6.45, 7) is 4.46. The van der Waals surface area contributed by atoms with E-state index in [4.69, 9.17) is 14.2 Å². The monoisotopic (exact) mass is 381 g/mol. The number of rotatable bonds is 5. The highest BCUT2D eigenvalue weighted by molar-refractivity contribution is 7.93. The normalized spacial score (nSPS) is 22.1. The summed E-state index contributed by atoms with van der Waals surface area (Å²) in [6.07, 6.45) is 2.03. The van der Waals surface area contributed by atoms with Gasteiger partial charge in [-0.1, -0.05) is 18.2 Å². The molecule has 1 aliphatic carbocycles. The van der Waals surface area contributed by atoms with Crippen molar-refractivity contribution >= 4 is 21.7 Å². The van der Waals surface area contributed by atoms with E-state index in [9.17, 15) is 13.2 Å². The lowest BCUT2D eigenvalue weighted by molar-refractivity contribution is -0.143. The topological polar surface area (TPSA) is 90.9 Å². The Hall–Kier alpha value is -1.90. The predicted octanol–water partition coefficient (Wildman–Crippen LogP) is 2.13. The summed E-state index contributed by atoms with van der Waals surface area (Å²) in [5.74, 6) is -1.69. The van der Waals surface area contributed by atoms with Crippen molar-refractivity contribution in [2.24, 2.45) is 0 Å². The second-order valence-corrected chi connectivity index (χ2v) is 8.18. The number of esters is 1. The van der Waals surface area contributed by atoms with Gasteiger partial charge >= 0.3 is 5.97 Å². The van der Waals surface area contributed by atoms with Crippen molar-refractivity contribution in [1.29, 1.82) is 0 Å². The van der Waals surface area contributed by atoms with E-state index in [0.717, 1.165) is 5.56 Å². The molecule has 7 nitrogen and oxygen atoms in total. The van der Waals surface area contributed by atoms with Crippen molar-refractivity contribution in [1.82, 2.24) is 0 Å². The van der Waals surface area contributed by atoms with Crippen LogP contribution < -0.4 is 4.72 Å². The molecule has 0 bridgehead atoms. The molecule has 3 rings (SSSR count). The summed E-state index contributed by atoms with van der Waals surface area (Å²) in [4.78, 5) is 12.4. The van der Waals surface area contributed by atoms with Gasteiger partial charge in [0, 0.05) is 6.42 Å². The third-order valence-electron chi connectivity index (χ3n) is 4.54. The molecule has 1 aromatic rings. The first-order chi connectivity index (χ1) is 12.4. The average Bonchev–Trinajstić information content (AvgIpc) is 3.04. The van der Waals surface area contributed by atoms with Crippen molar-refractivity contribution in [3.05, 3.63) is 41.5 Å². The van der Waals surface area contributed by atoms with Crippen LogP contribution in [0, 0.1) is 6.92 Å². The molecule has 1 fully saturated rings. The second-order valence-electron chi connectivity index (χ2n) is 6.32. The number of benzene rings is 1. The first-order valence-corrected chi connectivity index (χ1v) is 10.2. The van der Waals surface area contributed by atoms with E-state index in [0.29, 0.717) is 25.3 Å². The molecule has 1 N–H and O–H groups in total. The summed E-state index contributed by atoms with van der Waals surface area (Å²) >= 11 is 0. The average molecular weight is 381 g/mol. The highest BCUT2D eigenvalue weighted by atomic mass is 32.2. The lowest BCUT2D eigenvalue weighted by Crippen LogP contribution is -2.42. The summed E-state index contributed by atoms with van der Waals surface area (Å²) in [5.41, 5.74) is 1.35. The maximum atomic E-state index is 13.0. The van der Waals surface area contributed by atoms with Crippen LogP contribution >= 0.6 is 0 Å². The van der Waals surface area contributed by atoms with E-state index < -0.39 is 27.0 Å². The number of para-hydroxylation sites is 1. The summed E-state index contributed by atoms with van der Waals surface area (Å²) in [7, 11) is -3.85. The minimum Gasteiger partial charge on any atom is -0.463 e. The molecule has 1 saturated heterocycles. The Kier molecular flexibility index (Phi) is 5.36. The third kappa shape index (κ3) is 3.77. The fourth-order valence-corrected chi connectivity index (χ4v) is 4.83. The minimum atomic E-state index is -3.85. The summed E-state index contributed by atoms with van der Waals surface area (Å²) < 4.78 is 44.9. The highest BCUT2D eigenvalue weighted by Crippen LogP contribution is 2.37. The molecule has 1 aromatic carbocycles. The van der Waals surface area contributed by atoms with Gasteiger partial charge in [-0.2, -0.15) is 0 Å². The van der Waals surface area contributed by atoms with Gasteiger partial charge in [0.2, 0.25) is 10.0 Å². The third-order valence-corrected chi connectivity index (χ3v) is 6.28. The van der Waals surface area contributed by atoms with E-state index in [2.05, 4.69) is 4.72 Å². The Labute approximate surface area is 153 Å². The number of carbonyl (C=O) groups excluding carboxylic acids is 1. The quantitative estimate of drug-likeness (QED) is 0.786.